The Morgan fingerprint density at radius 1 is 1.11 bits per heavy atom. The van der Waals surface area contributed by atoms with Crippen molar-refractivity contribution >= 4 is 11.6 Å². The van der Waals surface area contributed by atoms with Crippen LogP contribution >= 0.6 is 11.6 Å². The zero-order valence-electron chi connectivity index (χ0n) is 11.4. The second-order valence-electron chi connectivity index (χ2n) is 4.37. The Morgan fingerprint density at radius 2 is 1.89 bits per heavy atom. The van der Waals surface area contributed by atoms with Crippen LogP contribution in [0.3, 0.4) is 0 Å². The Morgan fingerprint density at radius 3 is 2.56 bits per heavy atom. The fraction of sp³-hybridized carbons (Fsp3) is 0.600. The summed E-state index contributed by atoms with van der Waals surface area (Å²) >= 11 is 5.91. The topological polar surface area (TPSA) is 18.5 Å². The summed E-state index contributed by atoms with van der Waals surface area (Å²) in [6.45, 7) is 2.99. The summed E-state index contributed by atoms with van der Waals surface area (Å²) in [6, 6.07) is 5.77. The molecule has 0 aromatic heterocycles. The van der Waals surface area contributed by atoms with Gasteiger partial charge in [-0.3, -0.25) is 0 Å². The van der Waals surface area contributed by atoms with Crippen LogP contribution < -0.4 is 9.47 Å². The van der Waals surface area contributed by atoms with Crippen LogP contribution in [0.2, 0.25) is 0 Å². The van der Waals surface area contributed by atoms with Gasteiger partial charge in [0.05, 0.1) is 19.6 Å². The average molecular weight is 271 g/mol. The standard InChI is InChI=1S/C15H23ClO2/c1-3-4-5-6-7-10-18-15-9-8-14(17-2)11-13(15)12-16/h8-9,11H,3-7,10,12H2,1-2H3. The van der Waals surface area contributed by atoms with Gasteiger partial charge in [0.15, 0.2) is 0 Å². The van der Waals surface area contributed by atoms with Crippen LogP contribution in [0.25, 0.3) is 0 Å². The predicted molar refractivity (Wildman–Crippen MR) is 76.8 cm³/mol. The van der Waals surface area contributed by atoms with Gasteiger partial charge in [-0.2, -0.15) is 0 Å². The highest BCUT2D eigenvalue weighted by molar-refractivity contribution is 6.17. The first-order valence-electron chi connectivity index (χ1n) is 6.67. The van der Waals surface area contributed by atoms with Gasteiger partial charge in [-0.05, 0) is 24.6 Å². The van der Waals surface area contributed by atoms with Crippen molar-refractivity contribution in [1.29, 1.82) is 0 Å². The van der Waals surface area contributed by atoms with E-state index in [9.17, 15) is 0 Å². The van der Waals surface area contributed by atoms with Crippen molar-refractivity contribution in [3.8, 4) is 11.5 Å². The first-order valence-corrected chi connectivity index (χ1v) is 7.21. The Kier molecular flexibility index (Phi) is 7.66. The number of benzene rings is 1. The van der Waals surface area contributed by atoms with Crippen molar-refractivity contribution in [1.82, 2.24) is 0 Å². The first-order chi connectivity index (χ1) is 8.81. The van der Waals surface area contributed by atoms with Gasteiger partial charge < -0.3 is 9.47 Å². The molecule has 0 atom stereocenters. The lowest BCUT2D eigenvalue weighted by Gasteiger charge is -2.11. The third kappa shape index (κ3) is 5.18. The molecule has 0 radical (unpaired) electrons. The van der Waals surface area contributed by atoms with E-state index in [-0.39, 0.29) is 0 Å². The van der Waals surface area contributed by atoms with E-state index in [1.54, 1.807) is 7.11 Å². The number of halogens is 1. The monoisotopic (exact) mass is 270 g/mol. The van der Waals surface area contributed by atoms with Gasteiger partial charge in [-0.25, -0.2) is 0 Å². The van der Waals surface area contributed by atoms with Gasteiger partial charge in [0, 0.05) is 5.56 Å². The molecule has 0 heterocycles. The molecule has 0 amide bonds. The number of ether oxygens (including phenoxy) is 2. The smallest absolute Gasteiger partial charge is 0.123 e. The van der Waals surface area contributed by atoms with E-state index in [1.807, 2.05) is 18.2 Å². The summed E-state index contributed by atoms with van der Waals surface area (Å²) in [4.78, 5) is 0. The highest BCUT2D eigenvalue weighted by Crippen LogP contribution is 2.25. The largest absolute Gasteiger partial charge is 0.497 e. The van der Waals surface area contributed by atoms with Crippen molar-refractivity contribution in [2.75, 3.05) is 13.7 Å². The lowest BCUT2D eigenvalue weighted by molar-refractivity contribution is 0.301. The number of unbranched alkanes of at least 4 members (excludes halogenated alkanes) is 4. The Hall–Kier alpha value is -0.890. The molecule has 1 aromatic carbocycles. The fourth-order valence-corrected chi connectivity index (χ4v) is 2.02. The number of hydrogen-bond acceptors (Lipinski definition) is 2. The minimum Gasteiger partial charge on any atom is -0.497 e. The van der Waals surface area contributed by atoms with Crippen molar-refractivity contribution in [3.05, 3.63) is 23.8 Å². The second kappa shape index (κ2) is 9.09. The minimum absolute atomic E-state index is 0.447. The molecule has 1 aromatic rings. The van der Waals surface area contributed by atoms with Crippen LogP contribution in [0.5, 0.6) is 11.5 Å². The molecule has 102 valence electrons. The Bertz CT molecular complexity index is 339. The lowest BCUT2D eigenvalue weighted by Crippen LogP contribution is -2.00. The molecule has 0 aliphatic carbocycles. The maximum Gasteiger partial charge on any atom is 0.123 e. The molecule has 1 rings (SSSR count). The van der Waals surface area contributed by atoms with Crippen LogP contribution in [0.15, 0.2) is 18.2 Å². The Labute approximate surface area is 115 Å². The molecule has 0 N–H and O–H groups in total. The summed E-state index contributed by atoms with van der Waals surface area (Å²) in [6.07, 6.45) is 6.23. The van der Waals surface area contributed by atoms with Crippen LogP contribution in [-0.4, -0.2) is 13.7 Å². The quantitative estimate of drug-likeness (QED) is 0.475. The van der Waals surface area contributed by atoms with Gasteiger partial charge in [0.1, 0.15) is 11.5 Å². The SMILES string of the molecule is CCCCCCCOc1ccc(OC)cc1CCl. The van der Waals surface area contributed by atoms with Gasteiger partial charge >= 0.3 is 0 Å². The van der Waals surface area contributed by atoms with E-state index < -0.39 is 0 Å². The summed E-state index contributed by atoms with van der Waals surface area (Å²) in [5.74, 6) is 2.14. The third-order valence-corrected chi connectivity index (χ3v) is 3.21. The molecule has 18 heavy (non-hydrogen) atoms. The summed E-state index contributed by atoms with van der Waals surface area (Å²) in [5, 5.41) is 0. The third-order valence-electron chi connectivity index (χ3n) is 2.92. The number of hydrogen-bond donors (Lipinski definition) is 0. The molecular weight excluding hydrogens is 248 g/mol. The zero-order valence-corrected chi connectivity index (χ0v) is 12.1. The summed E-state index contributed by atoms with van der Waals surface area (Å²) < 4.78 is 10.9. The molecular formula is C15H23ClO2. The molecule has 0 bridgehead atoms. The molecule has 0 fully saturated rings. The van der Waals surface area contributed by atoms with Crippen molar-refractivity contribution < 1.29 is 9.47 Å². The van der Waals surface area contributed by atoms with Crippen molar-refractivity contribution in [2.45, 2.75) is 44.9 Å². The fourth-order valence-electron chi connectivity index (χ4n) is 1.82. The number of methoxy groups -OCH3 is 1. The van der Waals surface area contributed by atoms with Gasteiger partial charge in [-0.15, -0.1) is 11.6 Å². The summed E-state index contributed by atoms with van der Waals surface area (Å²) in [5.41, 5.74) is 0.990. The van der Waals surface area contributed by atoms with E-state index >= 15 is 0 Å². The summed E-state index contributed by atoms with van der Waals surface area (Å²) in [7, 11) is 1.65. The van der Waals surface area contributed by atoms with Crippen LogP contribution in [0, 0.1) is 0 Å². The molecule has 0 unspecified atom stereocenters. The highest BCUT2D eigenvalue weighted by Gasteiger charge is 2.04. The van der Waals surface area contributed by atoms with Crippen LogP contribution in [0.1, 0.15) is 44.6 Å². The molecule has 3 heteroatoms. The lowest BCUT2D eigenvalue weighted by atomic mass is 10.1. The van der Waals surface area contributed by atoms with Gasteiger partial charge in [0.2, 0.25) is 0 Å². The molecule has 0 saturated carbocycles. The van der Waals surface area contributed by atoms with Gasteiger partial charge in [-0.1, -0.05) is 32.6 Å². The van der Waals surface area contributed by atoms with Gasteiger partial charge in [0.25, 0.3) is 0 Å². The van der Waals surface area contributed by atoms with Crippen LogP contribution in [-0.2, 0) is 5.88 Å². The molecule has 0 saturated heterocycles. The maximum absolute atomic E-state index is 5.91. The maximum atomic E-state index is 5.91. The van der Waals surface area contributed by atoms with Crippen LogP contribution in [0.4, 0.5) is 0 Å². The van der Waals surface area contributed by atoms with Crippen molar-refractivity contribution in [2.24, 2.45) is 0 Å². The molecule has 0 aliphatic heterocycles. The normalized spacial score (nSPS) is 10.4. The van der Waals surface area contributed by atoms with E-state index in [4.69, 9.17) is 21.1 Å². The van der Waals surface area contributed by atoms with E-state index in [0.717, 1.165) is 30.1 Å². The van der Waals surface area contributed by atoms with E-state index in [1.165, 1.54) is 25.7 Å². The second-order valence-corrected chi connectivity index (χ2v) is 4.64. The molecule has 0 spiro atoms. The predicted octanol–water partition coefficient (Wildman–Crippen LogP) is 4.78. The molecule has 0 aliphatic rings. The number of alkyl halides is 1. The minimum atomic E-state index is 0.447. The number of rotatable bonds is 9. The average Bonchev–Trinajstić information content (AvgIpc) is 2.42. The van der Waals surface area contributed by atoms with E-state index in [0.29, 0.717) is 5.88 Å². The Balaban J connectivity index is 2.37. The first kappa shape index (κ1) is 15.2. The van der Waals surface area contributed by atoms with E-state index in [2.05, 4.69) is 6.92 Å². The highest BCUT2D eigenvalue weighted by atomic mass is 35.5. The van der Waals surface area contributed by atoms with Crippen molar-refractivity contribution in [3.63, 3.8) is 0 Å². The zero-order chi connectivity index (χ0) is 13.2. The molecule has 2 nitrogen and oxygen atoms in total.